The van der Waals surface area contributed by atoms with Gasteiger partial charge in [-0.05, 0) is 81.0 Å². The molecule has 1 aliphatic heterocycles. The Labute approximate surface area is 183 Å². The van der Waals surface area contributed by atoms with Crippen LogP contribution in [0.15, 0.2) is 41.3 Å². The molecule has 0 saturated heterocycles. The molecule has 0 bridgehead atoms. The maximum Gasteiger partial charge on any atom is 0.230 e. The van der Waals surface area contributed by atoms with Gasteiger partial charge in [-0.1, -0.05) is 12.1 Å². The fraction of sp³-hybridized carbons (Fsp3) is 0.417. The van der Waals surface area contributed by atoms with E-state index in [2.05, 4.69) is 5.32 Å². The minimum absolute atomic E-state index is 0.0319. The molecule has 0 spiro atoms. The van der Waals surface area contributed by atoms with Crippen molar-refractivity contribution in [2.45, 2.75) is 57.4 Å². The van der Waals surface area contributed by atoms with Gasteiger partial charge >= 0.3 is 0 Å². The summed E-state index contributed by atoms with van der Waals surface area (Å²) < 4.78 is 25.7. The Morgan fingerprint density at radius 3 is 2.55 bits per heavy atom. The maximum atomic E-state index is 12.9. The van der Waals surface area contributed by atoms with Crippen LogP contribution in [-0.4, -0.2) is 32.0 Å². The van der Waals surface area contributed by atoms with Gasteiger partial charge in [-0.15, -0.1) is 0 Å². The predicted octanol–water partition coefficient (Wildman–Crippen LogP) is 3.79. The average Bonchev–Trinajstić information content (AvgIpc) is 3.51. The zero-order valence-electron chi connectivity index (χ0n) is 18.1. The minimum atomic E-state index is -3.61. The molecule has 31 heavy (non-hydrogen) atoms. The van der Waals surface area contributed by atoms with Crippen LogP contribution >= 0.6 is 0 Å². The highest BCUT2D eigenvalue weighted by atomic mass is 32.2. The third kappa shape index (κ3) is 4.51. The van der Waals surface area contributed by atoms with E-state index < -0.39 is 9.84 Å². The van der Waals surface area contributed by atoms with Gasteiger partial charge in [0, 0.05) is 29.8 Å². The van der Waals surface area contributed by atoms with Gasteiger partial charge in [0.1, 0.15) is 0 Å². The highest BCUT2D eigenvalue weighted by molar-refractivity contribution is 7.91. The van der Waals surface area contributed by atoms with Gasteiger partial charge in [0.05, 0.1) is 10.6 Å². The van der Waals surface area contributed by atoms with E-state index in [0.717, 1.165) is 35.2 Å². The molecule has 2 aromatic rings. The molecule has 1 aliphatic carbocycles. The molecule has 0 radical (unpaired) electrons. The SMILES string of the molecule is Cc1ccc(C)c(NC(=O)CCS(=O)(=O)c2ccc3c(c2)CC(C)N3C(=O)C2CC2)c1. The van der Waals surface area contributed by atoms with Crippen LogP contribution in [-0.2, 0) is 25.8 Å². The number of benzene rings is 2. The molecule has 1 atom stereocenters. The Balaban J connectivity index is 1.44. The van der Waals surface area contributed by atoms with E-state index in [0.29, 0.717) is 12.1 Å². The standard InChI is InChI=1S/C24H28N2O4S/c1-15-4-5-16(2)21(12-15)25-23(27)10-11-31(29,30)20-8-9-22-19(14-20)13-17(3)26(22)24(28)18-6-7-18/h4-5,8-9,12,14,17-18H,6-7,10-11,13H2,1-3H3,(H,25,27). The molecule has 4 rings (SSSR count). The van der Waals surface area contributed by atoms with E-state index >= 15 is 0 Å². The Kier molecular flexibility index (Phi) is 5.64. The van der Waals surface area contributed by atoms with Gasteiger partial charge in [-0.25, -0.2) is 8.42 Å². The molecule has 7 heteroatoms. The van der Waals surface area contributed by atoms with Crippen molar-refractivity contribution in [1.82, 2.24) is 0 Å². The summed E-state index contributed by atoms with van der Waals surface area (Å²) in [5.74, 6) is -0.325. The van der Waals surface area contributed by atoms with E-state index in [1.54, 1.807) is 18.2 Å². The molecular formula is C24H28N2O4S. The highest BCUT2D eigenvalue weighted by Crippen LogP contribution is 2.39. The van der Waals surface area contributed by atoms with E-state index in [1.165, 1.54) is 0 Å². The first-order chi connectivity index (χ1) is 14.7. The summed E-state index contributed by atoms with van der Waals surface area (Å²) in [6.07, 6.45) is 2.40. The third-order valence-electron chi connectivity index (χ3n) is 6.05. The lowest BCUT2D eigenvalue weighted by Gasteiger charge is -2.22. The summed E-state index contributed by atoms with van der Waals surface area (Å²) in [7, 11) is -3.61. The highest BCUT2D eigenvalue weighted by Gasteiger charge is 2.39. The number of aryl methyl sites for hydroxylation is 2. The van der Waals surface area contributed by atoms with Crippen LogP contribution in [0, 0.1) is 19.8 Å². The largest absolute Gasteiger partial charge is 0.326 e. The number of rotatable bonds is 6. The third-order valence-corrected chi connectivity index (χ3v) is 7.77. The Hall–Kier alpha value is -2.67. The average molecular weight is 441 g/mol. The first kappa shape index (κ1) is 21.6. The van der Waals surface area contributed by atoms with Crippen molar-refractivity contribution < 1.29 is 18.0 Å². The number of anilines is 2. The fourth-order valence-corrected chi connectivity index (χ4v) is 5.38. The van der Waals surface area contributed by atoms with Crippen LogP contribution in [0.2, 0.25) is 0 Å². The van der Waals surface area contributed by atoms with Crippen LogP contribution in [0.4, 0.5) is 11.4 Å². The fourth-order valence-electron chi connectivity index (χ4n) is 4.09. The number of nitrogens with zero attached hydrogens (tertiary/aromatic N) is 1. The molecule has 1 saturated carbocycles. The lowest BCUT2D eigenvalue weighted by molar-refractivity contribution is -0.120. The topological polar surface area (TPSA) is 83.6 Å². The Morgan fingerprint density at radius 1 is 1.10 bits per heavy atom. The van der Waals surface area contributed by atoms with Crippen molar-refractivity contribution in [3.63, 3.8) is 0 Å². The first-order valence-corrected chi connectivity index (χ1v) is 12.4. The molecule has 1 N–H and O–H groups in total. The van der Waals surface area contributed by atoms with Crippen LogP contribution in [0.25, 0.3) is 0 Å². The first-order valence-electron chi connectivity index (χ1n) is 10.7. The van der Waals surface area contributed by atoms with Crippen molar-refractivity contribution in [2.24, 2.45) is 5.92 Å². The van der Waals surface area contributed by atoms with Gasteiger partial charge in [0.2, 0.25) is 11.8 Å². The molecule has 164 valence electrons. The number of amides is 2. The molecule has 1 fully saturated rings. The van der Waals surface area contributed by atoms with Crippen LogP contribution in [0.1, 0.15) is 42.9 Å². The summed E-state index contributed by atoms with van der Waals surface area (Å²) in [6, 6.07) is 10.8. The van der Waals surface area contributed by atoms with Crippen molar-refractivity contribution in [2.75, 3.05) is 16.0 Å². The molecule has 6 nitrogen and oxygen atoms in total. The second kappa shape index (κ2) is 8.11. The summed E-state index contributed by atoms with van der Waals surface area (Å²) in [6.45, 7) is 5.83. The number of fused-ring (bicyclic) bond motifs is 1. The van der Waals surface area contributed by atoms with Gasteiger partial charge in [-0.3, -0.25) is 9.59 Å². The lowest BCUT2D eigenvalue weighted by atomic mass is 10.1. The van der Waals surface area contributed by atoms with E-state index in [9.17, 15) is 18.0 Å². The normalized spacial score (nSPS) is 18.0. The number of hydrogen-bond donors (Lipinski definition) is 1. The molecule has 0 aromatic heterocycles. The van der Waals surface area contributed by atoms with Crippen LogP contribution < -0.4 is 10.2 Å². The smallest absolute Gasteiger partial charge is 0.230 e. The van der Waals surface area contributed by atoms with Crippen LogP contribution in [0.3, 0.4) is 0 Å². The van der Waals surface area contributed by atoms with Gasteiger partial charge in [0.15, 0.2) is 9.84 Å². The van der Waals surface area contributed by atoms with Crippen molar-refractivity contribution in [1.29, 1.82) is 0 Å². The summed E-state index contributed by atoms with van der Waals surface area (Å²) in [5, 5.41) is 2.81. The Bertz CT molecular complexity index is 1150. The summed E-state index contributed by atoms with van der Waals surface area (Å²) in [4.78, 5) is 27.0. The number of nitrogens with one attached hydrogen (secondary N) is 1. The second-order valence-corrected chi connectivity index (χ2v) is 10.9. The molecule has 2 aromatic carbocycles. The van der Waals surface area contributed by atoms with Gasteiger partial charge in [-0.2, -0.15) is 0 Å². The van der Waals surface area contributed by atoms with Gasteiger partial charge < -0.3 is 10.2 Å². The van der Waals surface area contributed by atoms with E-state index in [4.69, 9.17) is 0 Å². The quantitative estimate of drug-likeness (QED) is 0.741. The zero-order valence-corrected chi connectivity index (χ0v) is 19.0. The van der Waals surface area contributed by atoms with E-state index in [1.807, 2.05) is 43.9 Å². The van der Waals surface area contributed by atoms with Gasteiger partial charge in [0.25, 0.3) is 0 Å². The number of carbonyl (C=O) groups is 2. The maximum absolute atomic E-state index is 12.9. The van der Waals surface area contributed by atoms with Crippen LogP contribution in [0.5, 0.6) is 0 Å². The van der Waals surface area contributed by atoms with Crippen molar-refractivity contribution in [3.05, 3.63) is 53.1 Å². The van der Waals surface area contributed by atoms with Crippen molar-refractivity contribution >= 4 is 33.0 Å². The molecular weight excluding hydrogens is 412 g/mol. The predicted molar refractivity (Wildman–Crippen MR) is 121 cm³/mol. The lowest BCUT2D eigenvalue weighted by Crippen LogP contribution is -2.36. The molecule has 2 aliphatic rings. The molecule has 2 amide bonds. The number of carbonyl (C=O) groups excluding carboxylic acids is 2. The zero-order chi connectivity index (χ0) is 22.3. The van der Waals surface area contributed by atoms with E-state index in [-0.39, 0.29) is 40.8 Å². The minimum Gasteiger partial charge on any atom is -0.326 e. The van der Waals surface area contributed by atoms with Crippen molar-refractivity contribution in [3.8, 4) is 0 Å². The summed E-state index contributed by atoms with van der Waals surface area (Å²) in [5.41, 5.74) is 4.35. The molecule has 1 heterocycles. The second-order valence-electron chi connectivity index (χ2n) is 8.76. The number of sulfone groups is 1. The molecule has 1 unspecified atom stereocenters. The summed E-state index contributed by atoms with van der Waals surface area (Å²) >= 11 is 0. The number of hydrogen-bond acceptors (Lipinski definition) is 4. The monoisotopic (exact) mass is 440 g/mol. The Morgan fingerprint density at radius 2 is 1.84 bits per heavy atom.